The van der Waals surface area contributed by atoms with Crippen molar-refractivity contribution < 1.29 is 4.79 Å². The Labute approximate surface area is 146 Å². The number of nitrogens with one attached hydrogen (secondary N) is 2. The summed E-state index contributed by atoms with van der Waals surface area (Å²) in [7, 11) is 4.03. The third kappa shape index (κ3) is 5.43. The average Bonchev–Trinajstić information content (AvgIpc) is 2.49. The summed E-state index contributed by atoms with van der Waals surface area (Å²) in [6.45, 7) is 1.28. The van der Waals surface area contributed by atoms with Gasteiger partial charge >= 0.3 is 6.03 Å². The first-order valence-corrected chi connectivity index (χ1v) is 7.92. The quantitative estimate of drug-likeness (QED) is 0.839. The third-order valence-corrected chi connectivity index (χ3v) is 3.96. The Bertz CT molecular complexity index is 689. The number of carbonyl (C=O) groups is 1. The van der Waals surface area contributed by atoms with Crippen LogP contribution in [0.1, 0.15) is 11.1 Å². The smallest absolute Gasteiger partial charge is 0.319 e. The molecule has 0 heterocycles. The Hall–Kier alpha value is -1.75. The molecule has 0 aliphatic heterocycles. The van der Waals surface area contributed by atoms with Crippen molar-refractivity contribution in [1.29, 1.82) is 0 Å². The Morgan fingerprint density at radius 3 is 2.39 bits per heavy atom. The van der Waals surface area contributed by atoms with Crippen molar-refractivity contribution >= 4 is 34.9 Å². The molecule has 0 saturated heterocycles. The standard InChI is InChI=1S/C17H19Cl2N3O/c1-22(2)11-13-6-4-3-5-12(13)10-20-17(23)21-14-7-8-15(18)16(19)9-14/h3-9H,10-11H2,1-2H3,(H2,20,21,23). The number of benzene rings is 2. The molecule has 2 N–H and O–H groups in total. The number of halogens is 2. The fourth-order valence-electron chi connectivity index (χ4n) is 2.15. The van der Waals surface area contributed by atoms with E-state index < -0.39 is 0 Å². The topological polar surface area (TPSA) is 44.4 Å². The van der Waals surface area contributed by atoms with Crippen LogP contribution in [-0.4, -0.2) is 25.0 Å². The van der Waals surface area contributed by atoms with E-state index in [1.165, 1.54) is 5.56 Å². The lowest BCUT2D eigenvalue weighted by molar-refractivity contribution is 0.251. The van der Waals surface area contributed by atoms with Gasteiger partial charge in [-0.2, -0.15) is 0 Å². The molecule has 2 aromatic carbocycles. The number of rotatable bonds is 5. The van der Waals surface area contributed by atoms with Gasteiger partial charge in [0.05, 0.1) is 10.0 Å². The van der Waals surface area contributed by atoms with Gasteiger partial charge in [0.15, 0.2) is 0 Å². The summed E-state index contributed by atoms with van der Waals surface area (Å²) in [4.78, 5) is 14.1. The Morgan fingerprint density at radius 1 is 1.04 bits per heavy atom. The summed E-state index contributed by atoms with van der Waals surface area (Å²) < 4.78 is 0. The third-order valence-electron chi connectivity index (χ3n) is 3.22. The monoisotopic (exact) mass is 351 g/mol. The van der Waals surface area contributed by atoms with E-state index in [0.29, 0.717) is 22.3 Å². The minimum absolute atomic E-state index is 0.289. The molecule has 23 heavy (non-hydrogen) atoms. The lowest BCUT2D eigenvalue weighted by atomic mass is 10.1. The second kappa shape index (κ2) is 8.20. The van der Waals surface area contributed by atoms with Gasteiger partial charge in [-0.1, -0.05) is 47.5 Å². The van der Waals surface area contributed by atoms with Crippen molar-refractivity contribution in [1.82, 2.24) is 10.2 Å². The van der Waals surface area contributed by atoms with Crippen molar-refractivity contribution in [2.24, 2.45) is 0 Å². The van der Waals surface area contributed by atoms with E-state index in [1.54, 1.807) is 18.2 Å². The predicted molar refractivity (Wildman–Crippen MR) is 96.2 cm³/mol. The van der Waals surface area contributed by atoms with Gasteiger partial charge in [0.1, 0.15) is 0 Å². The second-order valence-corrected chi connectivity index (χ2v) is 6.26. The van der Waals surface area contributed by atoms with Crippen molar-refractivity contribution in [3.63, 3.8) is 0 Å². The average molecular weight is 352 g/mol. The molecule has 0 atom stereocenters. The molecule has 122 valence electrons. The molecular weight excluding hydrogens is 333 g/mol. The number of hydrogen-bond donors (Lipinski definition) is 2. The molecule has 0 unspecified atom stereocenters. The van der Waals surface area contributed by atoms with Gasteiger partial charge in [-0.3, -0.25) is 0 Å². The molecule has 0 spiro atoms. The van der Waals surface area contributed by atoms with Gasteiger partial charge in [-0.25, -0.2) is 4.79 Å². The van der Waals surface area contributed by atoms with Gasteiger partial charge in [-0.05, 0) is 43.4 Å². The Kier molecular flexibility index (Phi) is 6.28. The van der Waals surface area contributed by atoms with Crippen LogP contribution >= 0.6 is 23.2 Å². The van der Waals surface area contributed by atoms with Gasteiger partial charge < -0.3 is 15.5 Å². The summed E-state index contributed by atoms with van der Waals surface area (Å²) in [5.41, 5.74) is 2.87. The van der Waals surface area contributed by atoms with Crippen LogP contribution in [0, 0.1) is 0 Å². The van der Waals surface area contributed by atoms with Crippen LogP contribution in [0.15, 0.2) is 42.5 Å². The van der Waals surface area contributed by atoms with E-state index >= 15 is 0 Å². The second-order valence-electron chi connectivity index (χ2n) is 5.44. The fraction of sp³-hybridized carbons (Fsp3) is 0.235. The highest BCUT2D eigenvalue weighted by atomic mass is 35.5. The van der Waals surface area contributed by atoms with Crippen LogP contribution in [0.3, 0.4) is 0 Å². The van der Waals surface area contributed by atoms with Crippen LogP contribution in [0.4, 0.5) is 10.5 Å². The number of hydrogen-bond acceptors (Lipinski definition) is 2. The minimum Gasteiger partial charge on any atom is -0.334 e. The first-order valence-electron chi connectivity index (χ1n) is 7.17. The lowest BCUT2D eigenvalue weighted by Crippen LogP contribution is -2.28. The number of urea groups is 1. The molecule has 0 aliphatic rings. The van der Waals surface area contributed by atoms with E-state index in [1.807, 2.05) is 32.3 Å². The van der Waals surface area contributed by atoms with Crippen LogP contribution < -0.4 is 10.6 Å². The summed E-state index contributed by atoms with van der Waals surface area (Å²) >= 11 is 11.8. The molecule has 4 nitrogen and oxygen atoms in total. The molecule has 6 heteroatoms. The van der Waals surface area contributed by atoms with Crippen molar-refractivity contribution in [2.75, 3.05) is 19.4 Å². The van der Waals surface area contributed by atoms with Crippen molar-refractivity contribution in [2.45, 2.75) is 13.1 Å². The van der Waals surface area contributed by atoms with Gasteiger partial charge in [0.25, 0.3) is 0 Å². The van der Waals surface area contributed by atoms with Gasteiger partial charge in [-0.15, -0.1) is 0 Å². The maximum atomic E-state index is 12.0. The van der Waals surface area contributed by atoms with Crippen LogP contribution in [0.25, 0.3) is 0 Å². The van der Waals surface area contributed by atoms with Crippen molar-refractivity contribution in [3.05, 3.63) is 63.6 Å². The Balaban J connectivity index is 1.95. The number of nitrogens with zero attached hydrogens (tertiary/aromatic N) is 1. The Morgan fingerprint density at radius 2 is 1.74 bits per heavy atom. The zero-order chi connectivity index (χ0) is 16.8. The maximum Gasteiger partial charge on any atom is 0.319 e. The fourth-order valence-corrected chi connectivity index (χ4v) is 2.45. The van der Waals surface area contributed by atoms with E-state index in [4.69, 9.17) is 23.2 Å². The number of anilines is 1. The predicted octanol–water partition coefficient (Wildman–Crippen LogP) is 4.38. The molecule has 0 fully saturated rings. The molecule has 0 bridgehead atoms. The summed E-state index contributed by atoms with van der Waals surface area (Å²) in [5.74, 6) is 0. The SMILES string of the molecule is CN(C)Cc1ccccc1CNC(=O)Nc1ccc(Cl)c(Cl)c1. The van der Waals surface area contributed by atoms with E-state index in [9.17, 15) is 4.79 Å². The largest absolute Gasteiger partial charge is 0.334 e. The van der Waals surface area contributed by atoms with E-state index in [2.05, 4.69) is 21.6 Å². The van der Waals surface area contributed by atoms with Crippen LogP contribution in [0.2, 0.25) is 10.0 Å². The first kappa shape index (κ1) is 17.6. The molecule has 0 saturated carbocycles. The summed E-state index contributed by atoms with van der Waals surface area (Å²) in [5, 5.41) is 6.44. The highest BCUT2D eigenvalue weighted by Gasteiger charge is 2.07. The first-order chi connectivity index (χ1) is 11.0. The molecule has 0 radical (unpaired) electrons. The summed E-state index contributed by atoms with van der Waals surface area (Å²) in [6, 6.07) is 12.7. The number of amides is 2. The van der Waals surface area contributed by atoms with Crippen LogP contribution in [0.5, 0.6) is 0 Å². The molecular formula is C17H19Cl2N3O. The molecule has 2 rings (SSSR count). The zero-order valence-electron chi connectivity index (χ0n) is 13.1. The highest BCUT2D eigenvalue weighted by Crippen LogP contribution is 2.24. The lowest BCUT2D eigenvalue weighted by Gasteiger charge is -2.15. The molecule has 2 aromatic rings. The molecule has 0 aromatic heterocycles. The van der Waals surface area contributed by atoms with Crippen LogP contribution in [-0.2, 0) is 13.1 Å². The molecule has 2 amide bonds. The normalized spacial score (nSPS) is 10.7. The number of carbonyl (C=O) groups excluding carboxylic acids is 1. The van der Waals surface area contributed by atoms with E-state index in [-0.39, 0.29) is 6.03 Å². The van der Waals surface area contributed by atoms with Crippen molar-refractivity contribution in [3.8, 4) is 0 Å². The maximum absolute atomic E-state index is 12.0. The van der Waals surface area contributed by atoms with E-state index in [0.717, 1.165) is 12.1 Å². The molecule has 0 aliphatic carbocycles. The minimum atomic E-state index is -0.289. The van der Waals surface area contributed by atoms with Gasteiger partial charge in [0, 0.05) is 18.8 Å². The zero-order valence-corrected chi connectivity index (χ0v) is 14.6. The summed E-state index contributed by atoms with van der Waals surface area (Å²) in [6.07, 6.45) is 0. The highest BCUT2D eigenvalue weighted by molar-refractivity contribution is 6.42. The van der Waals surface area contributed by atoms with Gasteiger partial charge in [0.2, 0.25) is 0 Å².